The van der Waals surface area contributed by atoms with Crippen molar-refractivity contribution in [2.24, 2.45) is 0 Å². The number of carbonyl (C=O) groups is 1. The van der Waals surface area contributed by atoms with E-state index in [2.05, 4.69) is 25.3 Å². The highest BCUT2D eigenvalue weighted by atomic mass is 35.5. The highest BCUT2D eigenvalue weighted by molar-refractivity contribution is 6.31. The number of nitrogens with zero attached hydrogens (tertiary/aromatic N) is 4. The van der Waals surface area contributed by atoms with Gasteiger partial charge in [-0.05, 0) is 43.5 Å². The van der Waals surface area contributed by atoms with Gasteiger partial charge in [0.2, 0.25) is 0 Å². The Morgan fingerprint density at radius 3 is 2.84 bits per heavy atom. The lowest BCUT2D eigenvalue weighted by atomic mass is 10.00. The molecule has 1 fully saturated rings. The zero-order valence-corrected chi connectivity index (χ0v) is 20.1. The minimum atomic E-state index is -4.55. The summed E-state index contributed by atoms with van der Waals surface area (Å²) in [7, 11) is 0. The van der Waals surface area contributed by atoms with Gasteiger partial charge in [0.15, 0.2) is 17.5 Å². The average Bonchev–Trinajstić information content (AvgIpc) is 3.30. The van der Waals surface area contributed by atoms with E-state index in [9.17, 15) is 22.4 Å². The Balaban J connectivity index is 1.36. The molecule has 1 atom stereocenters. The maximum atomic E-state index is 14.6. The van der Waals surface area contributed by atoms with E-state index in [4.69, 9.17) is 11.6 Å². The number of fused-ring (bicyclic) bond motifs is 1. The van der Waals surface area contributed by atoms with Crippen LogP contribution in [0.2, 0.25) is 5.02 Å². The van der Waals surface area contributed by atoms with Crippen molar-refractivity contribution in [3.63, 3.8) is 0 Å². The van der Waals surface area contributed by atoms with E-state index in [1.807, 2.05) is 0 Å². The van der Waals surface area contributed by atoms with Crippen molar-refractivity contribution in [2.45, 2.75) is 31.5 Å². The van der Waals surface area contributed by atoms with Gasteiger partial charge in [0.25, 0.3) is 5.91 Å². The zero-order valence-electron chi connectivity index (χ0n) is 19.3. The van der Waals surface area contributed by atoms with Gasteiger partial charge in [0.05, 0.1) is 16.8 Å². The third-order valence-electron chi connectivity index (χ3n) is 6.31. The Labute approximate surface area is 213 Å². The van der Waals surface area contributed by atoms with Crippen LogP contribution >= 0.6 is 11.6 Å². The lowest BCUT2D eigenvalue weighted by Crippen LogP contribution is -2.47. The van der Waals surface area contributed by atoms with Crippen molar-refractivity contribution in [3.8, 4) is 11.4 Å². The molecule has 7 nitrogen and oxygen atoms in total. The van der Waals surface area contributed by atoms with Crippen molar-refractivity contribution in [3.05, 3.63) is 70.9 Å². The summed E-state index contributed by atoms with van der Waals surface area (Å²) >= 11 is 6.06. The number of piperidine rings is 1. The SMILES string of the molecule is O=C(c1cccc(C(F)(F)F)c1)N1CCCCC1CNc1nc(-c2c[nH]c3ncc(Cl)cc23)ncc1F. The second-order valence-corrected chi connectivity index (χ2v) is 9.19. The lowest BCUT2D eigenvalue weighted by Gasteiger charge is -2.36. The fourth-order valence-corrected chi connectivity index (χ4v) is 4.63. The van der Waals surface area contributed by atoms with E-state index in [-0.39, 0.29) is 29.8 Å². The molecular formula is C25H21ClF4N6O. The van der Waals surface area contributed by atoms with Crippen molar-refractivity contribution in [1.29, 1.82) is 0 Å². The molecule has 1 aliphatic rings. The lowest BCUT2D eigenvalue weighted by molar-refractivity contribution is -0.137. The minimum absolute atomic E-state index is 0.0381. The molecule has 1 aromatic carbocycles. The van der Waals surface area contributed by atoms with Crippen LogP contribution in [0.4, 0.5) is 23.4 Å². The van der Waals surface area contributed by atoms with Crippen molar-refractivity contribution in [2.75, 3.05) is 18.4 Å². The maximum Gasteiger partial charge on any atom is 0.416 e. The third-order valence-corrected chi connectivity index (χ3v) is 6.52. The molecule has 12 heteroatoms. The van der Waals surface area contributed by atoms with Crippen LogP contribution in [0.1, 0.15) is 35.2 Å². The normalized spacial score (nSPS) is 16.2. The molecule has 1 unspecified atom stereocenters. The molecule has 2 N–H and O–H groups in total. The van der Waals surface area contributed by atoms with Gasteiger partial charge in [0.1, 0.15) is 5.65 Å². The quantitative estimate of drug-likeness (QED) is 0.311. The molecule has 0 aliphatic carbocycles. The van der Waals surface area contributed by atoms with Gasteiger partial charge in [-0.2, -0.15) is 13.2 Å². The van der Waals surface area contributed by atoms with Crippen LogP contribution in [-0.4, -0.2) is 49.9 Å². The first-order chi connectivity index (χ1) is 17.7. The van der Waals surface area contributed by atoms with Crippen molar-refractivity contribution < 1.29 is 22.4 Å². The van der Waals surface area contributed by atoms with Crippen LogP contribution in [0.15, 0.2) is 48.9 Å². The summed E-state index contributed by atoms with van der Waals surface area (Å²) in [6.45, 7) is 0.557. The van der Waals surface area contributed by atoms with Crippen LogP contribution in [0.3, 0.4) is 0 Å². The molecule has 192 valence electrons. The Hall–Kier alpha value is -3.73. The first-order valence-corrected chi connectivity index (χ1v) is 12.0. The second kappa shape index (κ2) is 9.97. The summed E-state index contributed by atoms with van der Waals surface area (Å²) in [4.78, 5) is 30.3. The van der Waals surface area contributed by atoms with E-state index < -0.39 is 23.5 Å². The minimum Gasteiger partial charge on any atom is -0.365 e. The third kappa shape index (κ3) is 5.22. The molecule has 5 rings (SSSR count). The number of pyridine rings is 1. The van der Waals surface area contributed by atoms with Crippen LogP contribution in [0, 0.1) is 5.82 Å². The number of H-pyrrole nitrogens is 1. The van der Waals surface area contributed by atoms with Crippen LogP contribution < -0.4 is 5.32 Å². The number of halogens is 5. The first-order valence-electron chi connectivity index (χ1n) is 11.6. The summed E-state index contributed by atoms with van der Waals surface area (Å²) in [5, 5.41) is 4.07. The fourth-order valence-electron chi connectivity index (χ4n) is 4.47. The number of carbonyl (C=O) groups excluding carboxylic acids is 1. The summed E-state index contributed by atoms with van der Waals surface area (Å²) in [6, 6.07) is 5.73. The molecule has 1 saturated heterocycles. The van der Waals surface area contributed by atoms with Gasteiger partial charge in [-0.25, -0.2) is 19.3 Å². The van der Waals surface area contributed by atoms with E-state index in [0.29, 0.717) is 34.6 Å². The number of nitrogens with one attached hydrogen (secondary N) is 2. The number of aromatic amines is 1. The molecule has 1 amide bonds. The van der Waals surface area contributed by atoms with Crippen LogP contribution in [-0.2, 0) is 6.18 Å². The van der Waals surface area contributed by atoms with Crippen LogP contribution in [0.5, 0.6) is 0 Å². The molecule has 0 bridgehead atoms. The Kier molecular flexibility index (Phi) is 6.72. The molecular weight excluding hydrogens is 512 g/mol. The molecule has 4 aromatic rings. The maximum absolute atomic E-state index is 14.6. The number of hydrogen-bond acceptors (Lipinski definition) is 5. The predicted octanol–water partition coefficient (Wildman–Crippen LogP) is 5.94. The van der Waals surface area contributed by atoms with Gasteiger partial charge in [-0.15, -0.1) is 0 Å². The fraction of sp³-hybridized carbons (Fsp3) is 0.280. The number of benzene rings is 1. The number of amides is 1. The zero-order chi connectivity index (χ0) is 26.2. The second-order valence-electron chi connectivity index (χ2n) is 8.75. The highest BCUT2D eigenvalue weighted by Gasteiger charge is 2.33. The van der Waals surface area contributed by atoms with E-state index in [1.165, 1.54) is 18.3 Å². The van der Waals surface area contributed by atoms with Gasteiger partial charge < -0.3 is 15.2 Å². The smallest absolute Gasteiger partial charge is 0.365 e. The number of hydrogen-bond donors (Lipinski definition) is 2. The monoisotopic (exact) mass is 532 g/mol. The van der Waals surface area contributed by atoms with Gasteiger partial charge >= 0.3 is 6.18 Å². The molecule has 4 heterocycles. The summed E-state index contributed by atoms with van der Waals surface area (Å²) in [5.74, 6) is -0.970. The summed E-state index contributed by atoms with van der Waals surface area (Å²) in [5.41, 5.74) is 0.248. The molecule has 0 spiro atoms. The van der Waals surface area contributed by atoms with Gasteiger partial charge in [-0.1, -0.05) is 17.7 Å². The largest absolute Gasteiger partial charge is 0.416 e. The van der Waals surface area contributed by atoms with E-state index in [0.717, 1.165) is 31.2 Å². The number of alkyl halides is 3. The highest BCUT2D eigenvalue weighted by Crippen LogP contribution is 2.31. The van der Waals surface area contributed by atoms with E-state index >= 15 is 0 Å². The molecule has 3 aromatic heterocycles. The topological polar surface area (TPSA) is 86.8 Å². The molecule has 1 aliphatic heterocycles. The van der Waals surface area contributed by atoms with Crippen molar-refractivity contribution in [1.82, 2.24) is 24.8 Å². The van der Waals surface area contributed by atoms with Crippen LogP contribution in [0.25, 0.3) is 22.4 Å². The Morgan fingerprint density at radius 1 is 1.19 bits per heavy atom. The average molecular weight is 533 g/mol. The Bertz CT molecular complexity index is 1460. The van der Waals surface area contributed by atoms with Crippen molar-refractivity contribution >= 4 is 34.4 Å². The summed E-state index contributed by atoms with van der Waals surface area (Å²) in [6.07, 6.45) is 1.83. The number of rotatable bonds is 5. The number of aromatic nitrogens is 4. The summed E-state index contributed by atoms with van der Waals surface area (Å²) < 4.78 is 54.0. The first kappa shape index (κ1) is 24.9. The standard InChI is InChI=1S/C25H21ClF4N6O/c26-16-9-18-19(12-33-21(18)31-10-16)22-34-13-20(27)23(35-22)32-11-17-6-1-2-7-36(17)24(37)14-4-3-5-15(8-14)25(28,29)30/h3-5,8-10,12-13,17H,1-2,6-7,11H2,(H,31,33)(H,32,34,35). The van der Waals surface area contributed by atoms with E-state index in [1.54, 1.807) is 17.2 Å². The molecule has 0 saturated carbocycles. The Morgan fingerprint density at radius 2 is 2.03 bits per heavy atom. The number of anilines is 1. The van der Waals surface area contributed by atoms with Gasteiger partial charge in [-0.3, -0.25) is 4.79 Å². The number of likely N-dealkylation sites (tertiary alicyclic amines) is 1. The molecule has 0 radical (unpaired) electrons. The predicted molar refractivity (Wildman–Crippen MR) is 131 cm³/mol. The molecule has 37 heavy (non-hydrogen) atoms. The van der Waals surface area contributed by atoms with Gasteiger partial charge in [0, 0.05) is 48.0 Å².